The van der Waals surface area contributed by atoms with Crippen LogP contribution in [0.25, 0.3) is 0 Å². The molecule has 1 unspecified atom stereocenters. The van der Waals surface area contributed by atoms with Gasteiger partial charge >= 0.3 is 5.51 Å². The molecule has 0 N–H and O–H groups in total. The topological polar surface area (TPSA) is 34.1 Å². The van der Waals surface area contributed by atoms with Crippen molar-refractivity contribution in [1.82, 2.24) is 0 Å². The Labute approximate surface area is 119 Å². The lowest BCUT2D eigenvalue weighted by Crippen LogP contribution is -2.25. The average Bonchev–Trinajstić information content (AvgIpc) is 2.30. The largest absolute Gasteiger partial charge is 0.501 e. The minimum Gasteiger partial charge on any atom is -0.214 e. The summed E-state index contributed by atoms with van der Waals surface area (Å²) in [5.41, 5.74) is -5.60. The van der Waals surface area contributed by atoms with Gasteiger partial charge in [0, 0.05) is 5.38 Å². The summed E-state index contributed by atoms with van der Waals surface area (Å²) in [6.45, 7) is 1.84. The fourth-order valence-electron chi connectivity index (χ4n) is 1.73. The van der Waals surface area contributed by atoms with Crippen LogP contribution in [0.3, 0.4) is 0 Å². The lowest BCUT2D eigenvalue weighted by atomic mass is 10.1. The average molecular weight is 333 g/mol. The van der Waals surface area contributed by atoms with Crippen molar-refractivity contribution in [2.24, 2.45) is 0 Å². The Balaban J connectivity index is 3.29. The van der Waals surface area contributed by atoms with Crippen LogP contribution in [0, 0.1) is 5.82 Å². The maximum atomic E-state index is 13.1. The SMILES string of the molecule is CCCC(Cl)Cc1ccc(F)cc1S(=O)(=O)C(F)(F)F. The highest BCUT2D eigenvalue weighted by Gasteiger charge is 2.48. The summed E-state index contributed by atoms with van der Waals surface area (Å²) in [6.07, 6.45) is 1.15. The summed E-state index contributed by atoms with van der Waals surface area (Å²) in [7, 11) is -5.59. The molecule has 114 valence electrons. The normalized spacial score (nSPS) is 14.3. The zero-order valence-electron chi connectivity index (χ0n) is 10.5. The number of rotatable bonds is 5. The molecule has 0 spiro atoms. The van der Waals surface area contributed by atoms with Crippen LogP contribution in [0.5, 0.6) is 0 Å². The highest BCUT2D eigenvalue weighted by atomic mass is 35.5. The summed E-state index contributed by atoms with van der Waals surface area (Å²) in [5, 5.41) is -0.507. The summed E-state index contributed by atoms with van der Waals surface area (Å²) in [6, 6.07) is 2.33. The van der Waals surface area contributed by atoms with Crippen LogP contribution < -0.4 is 0 Å². The van der Waals surface area contributed by atoms with Crippen molar-refractivity contribution in [3.05, 3.63) is 29.6 Å². The van der Waals surface area contributed by atoms with Gasteiger partial charge < -0.3 is 0 Å². The molecule has 20 heavy (non-hydrogen) atoms. The second kappa shape index (κ2) is 6.30. The molecule has 0 radical (unpaired) electrons. The monoisotopic (exact) mass is 332 g/mol. The van der Waals surface area contributed by atoms with Crippen LogP contribution in [0.2, 0.25) is 0 Å². The van der Waals surface area contributed by atoms with Gasteiger partial charge in [0.2, 0.25) is 0 Å². The van der Waals surface area contributed by atoms with Crippen LogP contribution in [0.1, 0.15) is 25.3 Å². The minimum absolute atomic E-state index is 0.0691. The predicted octanol–water partition coefficient (Wildman–Crippen LogP) is 4.07. The van der Waals surface area contributed by atoms with E-state index in [1.54, 1.807) is 0 Å². The molecule has 0 aliphatic rings. The first kappa shape index (κ1) is 17.2. The molecule has 2 nitrogen and oxygen atoms in total. The van der Waals surface area contributed by atoms with Crippen molar-refractivity contribution < 1.29 is 26.0 Å². The molecule has 1 atom stereocenters. The molecular weight excluding hydrogens is 320 g/mol. The van der Waals surface area contributed by atoms with Gasteiger partial charge in [-0.25, -0.2) is 12.8 Å². The number of sulfone groups is 1. The van der Waals surface area contributed by atoms with Gasteiger partial charge in [0.05, 0.1) is 4.90 Å². The number of hydrogen-bond donors (Lipinski definition) is 0. The summed E-state index contributed by atoms with van der Waals surface area (Å²) < 4.78 is 73.7. The Kier molecular flexibility index (Phi) is 5.43. The van der Waals surface area contributed by atoms with Gasteiger partial charge in [-0.15, -0.1) is 11.6 Å². The van der Waals surface area contributed by atoms with Gasteiger partial charge in [0.1, 0.15) is 5.82 Å². The van der Waals surface area contributed by atoms with Crippen molar-refractivity contribution in [2.45, 2.75) is 42.0 Å². The minimum atomic E-state index is -5.59. The Morgan fingerprint density at radius 1 is 1.30 bits per heavy atom. The molecule has 0 fully saturated rings. The van der Waals surface area contributed by atoms with Crippen molar-refractivity contribution in [1.29, 1.82) is 0 Å². The van der Waals surface area contributed by atoms with E-state index in [0.29, 0.717) is 18.9 Å². The van der Waals surface area contributed by atoms with Crippen molar-refractivity contribution in [3.63, 3.8) is 0 Å². The van der Waals surface area contributed by atoms with E-state index in [2.05, 4.69) is 0 Å². The number of alkyl halides is 4. The maximum Gasteiger partial charge on any atom is 0.501 e. The van der Waals surface area contributed by atoms with Gasteiger partial charge in [0.25, 0.3) is 9.84 Å². The van der Waals surface area contributed by atoms with E-state index < -0.39 is 31.4 Å². The van der Waals surface area contributed by atoms with Gasteiger partial charge in [-0.1, -0.05) is 19.4 Å². The molecule has 0 aliphatic carbocycles. The first-order valence-corrected chi connectivity index (χ1v) is 7.75. The first-order chi connectivity index (χ1) is 9.09. The molecule has 0 saturated heterocycles. The fraction of sp³-hybridized carbons (Fsp3) is 0.500. The molecule has 1 aromatic carbocycles. The van der Waals surface area contributed by atoms with E-state index in [1.165, 1.54) is 0 Å². The van der Waals surface area contributed by atoms with E-state index in [4.69, 9.17) is 11.6 Å². The molecule has 0 aliphatic heterocycles. The summed E-state index contributed by atoms with van der Waals surface area (Å²) >= 11 is 5.92. The third-order valence-electron chi connectivity index (χ3n) is 2.67. The summed E-state index contributed by atoms with van der Waals surface area (Å²) in [5.74, 6) is -1.04. The number of halogens is 5. The van der Waals surface area contributed by atoms with Crippen LogP contribution in [-0.2, 0) is 16.3 Å². The van der Waals surface area contributed by atoms with Crippen LogP contribution in [-0.4, -0.2) is 19.3 Å². The predicted molar refractivity (Wildman–Crippen MR) is 67.9 cm³/mol. The zero-order valence-corrected chi connectivity index (χ0v) is 12.1. The molecule has 1 aromatic rings. The molecular formula is C12H13ClF4O2S. The zero-order chi connectivity index (χ0) is 15.6. The maximum absolute atomic E-state index is 13.1. The van der Waals surface area contributed by atoms with Crippen molar-refractivity contribution >= 4 is 21.4 Å². The third kappa shape index (κ3) is 3.85. The van der Waals surface area contributed by atoms with Gasteiger partial charge in [0.15, 0.2) is 0 Å². The Morgan fingerprint density at radius 2 is 1.90 bits per heavy atom. The van der Waals surface area contributed by atoms with Crippen LogP contribution in [0.4, 0.5) is 17.6 Å². The Hall–Kier alpha value is -0.820. The van der Waals surface area contributed by atoms with E-state index in [1.807, 2.05) is 6.92 Å². The van der Waals surface area contributed by atoms with Crippen LogP contribution >= 0.6 is 11.6 Å². The van der Waals surface area contributed by atoms with Gasteiger partial charge in [-0.3, -0.25) is 0 Å². The molecule has 1 rings (SSSR count). The second-order valence-electron chi connectivity index (χ2n) is 4.29. The molecule has 0 aromatic heterocycles. The number of hydrogen-bond acceptors (Lipinski definition) is 2. The number of benzene rings is 1. The smallest absolute Gasteiger partial charge is 0.214 e. The van der Waals surface area contributed by atoms with Gasteiger partial charge in [-0.05, 0) is 30.5 Å². The van der Waals surface area contributed by atoms with E-state index in [-0.39, 0.29) is 12.0 Å². The molecule has 0 amide bonds. The van der Waals surface area contributed by atoms with E-state index in [0.717, 1.165) is 12.1 Å². The first-order valence-electron chi connectivity index (χ1n) is 5.83. The third-order valence-corrected chi connectivity index (χ3v) is 4.61. The Morgan fingerprint density at radius 3 is 2.40 bits per heavy atom. The second-order valence-corrected chi connectivity index (χ2v) is 6.82. The quantitative estimate of drug-likeness (QED) is 0.601. The fourth-order valence-corrected chi connectivity index (χ4v) is 3.12. The molecule has 8 heteroatoms. The highest BCUT2D eigenvalue weighted by Crippen LogP contribution is 2.33. The van der Waals surface area contributed by atoms with E-state index >= 15 is 0 Å². The lowest BCUT2D eigenvalue weighted by molar-refractivity contribution is -0.0436. The lowest BCUT2D eigenvalue weighted by Gasteiger charge is -2.15. The molecule has 0 heterocycles. The standard InChI is InChI=1S/C12H13ClF4O2S/c1-2-3-9(13)6-8-4-5-10(14)7-11(8)20(18,19)12(15,16)17/h4-5,7,9H,2-3,6H2,1H3. The molecule has 0 saturated carbocycles. The Bertz CT molecular complexity index is 569. The van der Waals surface area contributed by atoms with Gasteiger partial charge in [-0.2, -0.15) is 13.2 Å². The molecule has 0 bridgehead atoms. The van der Waals surface area contributed by atoms with Crippen molar-refractivity contribution in [2.75, 3.05) is 0 Å². The van der Waals surface area contributed by atoms with Crippen molar-refractivity contribution in [3.8, 4) is 0 Å². The van der Waals surface area contributed by atoms with Crippen LogP contribution in [0.15, 0.2) is 23.1 Å². The van der Waals surface area contributed by atoms with E-state index in [9.17, 15) is 26.0 Å². The summed E-state index contributed by atoms with van der Waals surface area (Å²) in [4.78, 5) is -1.06. The highest BCUT2D eigenvalue weighted by molar-refractivity contribution is 7.92.